The molecule has 122 valence electrons. The Bertz CT molecular complexity index is 672. The summed E-state index contributed by atoms with van der Waals surface area (Å²) in [6, 6.07) is 5.03. The molecule has 3 rings (SSSR count). The SMILES string of the molecule is CCC(=O)C(CC(=O)c1ccc2c(c1)OCC1(CC1)O2)C(C)=O. The molecule has 2 aliphatic rings. The first-order valence-corrected chi connectivity index (χ1v) is 7.96. The van der Waals surface area contributed by atoms with Crippen LogP contribution in [0.15, 0.2) is 18.2 Å². The van der Waals surface area contributed by atoms with Crippen LogP contribution in [0.1, 0.15) is 49.9 Å². The van der Waals surface area contributed by atoms with Crippen molar-refractivity contribution in [1.82, 2.24) is 0 Å². The van der Waals surface area contributed by atoms with Crippen LogP contribution in [0.3, 0.4) is 0 Å². The zero-order chi connectivity index (χ0) is 16.6. The molecule has 1 aliphatic heterocycles. The van der Waals surface area contributed by atoms with Crippen molar-refractivity contribution >= 4 is 17.3 Å². The number of hydrogen-bond acceptors (Lipinski definition) is 5. The molecule has 5 heteroatoms. The molecule has 1 aliphatic carbocycles. The number of ketones is 3. The van der Waals surface area contributed by atoms with Crippen molar-refractivity contribution < 1.29 is 23.9 Å². The highest BCUT2D eigenvalue weighted by Crippen LogP contribution is 2.47. The topological polar surface area (TPSA) is 69.7 Å². The van der Waals surface area contributed by atoms with Crippen LogP contribution in [0.25, 0.3) is 0 Å². The summed E-state index contributed by atoms with van der Waals surface area (Å²) in [5.74, 6) is -0.342. The summed E-state index contributed by atoms with van der Waals surface area (Å²) in [6.07, 6.45) is 2.14. The number of Topliss-reactive ketones (excluding diaryl/α,β-unsaturated/α-hetero) is 3. The van der Waals surface area contributed by atoms with Crippen LogP contribution in [0.2, 0.25) is 0 Å². The Labute approximate surface area is 135 Å². The smallest absolute Gasteiger partial charge is 0.164 e. The Balaban J connectivity index is 1.75. The van der Waals surface area contributed by atoms with Crippen LogP contribution < -0.4 is 9.47 Å². The third-order valence-electron chi connectivity index (χ3n) is 4.51. The second kappa shape index (κ2) is 5.80. The molecule has 1 fully saturated rings. The minimum absolute atomic E-state index is 0.0917. The number of carbonyl (C=O) groups is 3. The molecule has 0 radical (unpaired) electrons. The fourth-order valence-electron chi connectivity index (χ4n) is 2.77. The first kappa shape index (κ1) is 15.7. The zero-order valence-electron chi connectivity index (χ0n) is 13.4. The molecule has 1 aromatic rings. The molecule has 0 bridgehead atoms. The molecular weight excluding hydrogens is 296 g/mol. The normalized spacial score (nSPS) is 18.3. The Morgan fingerprint density at radius 2 is 1.96 bits per heavy atom. The summed E-state index contributed by atoms with van der Waals surface area (Å²) in [4.78, 5) is 35.8. The lowest BCUT2D eigenvalue weighted by Gasteiger charge is -2.26. The number of fused-ring (bicyclic) bond motifs is 1. The van der Waals surface area contributed by atoms with E-state index in [0.29, 0.717) is 23.7 Å². The number of ether oxygens (including phenoxy) is 2. The van der Waals surface area contributed by atoms with E-state index in [1.165, 1.54) is 6.92 Å². The van der Waals surface area contributed by atoms with E-state index in [4.69, 9.17) is 9.47 Å². The van der Waals surface area contributed by atoms with Crippen molar-refractivity contribution in [3.05, 3.63) is 23.8 Å². The summed E-state index contributed by atoms with van der Waals surface area (Å²) in [5.41, 5.74) is 0.278. The van der Waals surface area contributed by atoms with Crippen molar-refractivity contribution in [3.8, 4) is 11.5 Å². The highest BCUT2D eigenvalue weighted by molar-refractivity contribution is 6.07. The fraction of sp³-hybridized carbons (Fsp3) is 0.500. The van der Waals surface area contributed by atoms with Gasteiger partial charge in [0, 0.05) is 18.4 Å². The van der Waals surface area contributed by atoms with Gasteiger partial charge in [0.1, 0.15) is 23.8 Å². The first-order chi connectivity index (χ1) is 10.9. The number of carbonyl (C=O) groups excluding carboxylic acids is 3. The summed E-state index contributed by atoms with van der Waals surface area (Å²) in [5, 5.41) is 0. The summed E-state index contributed by atoms with van der Waals surface area (Å²) >= 11 is 0. The van der Waals surface area contributed by atoms with Crippen LogP contribution in [0.5, 0.6) is 11.5 Å². The molecule has 0 amide bonds. The third kappa shape index (κ3) is 3.14. The van der Waals surface area contributed by atoms with Gasteiger partial charge in [-0.15, -0.1) is 0 Å². The average Bonchev–Trinajstić information content (AvgIpc) is 3.29. The Morgan fingerprint density at radius 1 is 1.22 bits per heavy atom. The van der Waals surface area contributed by atoms with E-state index in [-0.39, 0.29) is 35.8 Å². The second-order valence-corrected chi connectivity index (χ2v) is 6.35. The standard InChI is InChI=1S/C18H20O5/c1-3-14(20)13(11(2)19)9-15(21)12-4-5-16-17(8-12)22-10-18(23-16)6-7-18/h4-5,8,13H,3,6-7,9-10H2,1-2H3. The maximum absolute atomic E-state index is 12.4. The molecule has 1 atom stereocenters. The maximum Gasteiger partial charge on any atom is 0.164 e. The third-order valence-corrected chi connectivity index (χ3v) is 4.51. The predicted octanol–water partition coefficient (Wildman–Crippen LogP) is 2.75. The molecule has 5 nitrogen and oxygen atoms in total. The minimum Gasteiger partial charge on any atom is -0.486 e. The highest BCUT2D eigenvalue weighted by atomic mass is 16.6. The minimum atomic E-state index is -0.851. The van der Waals surface area contributed by atoms with Gasteiger partial charge >= 0.3 is 0 Å². The van der Waals surface area contributed by atoms with E-state index in [0.717, 1.165) is 12.8 Å². The van der Waals surface area contributed by atoms with E-state index < -0.39 is 5.92 Å². The van der Waals surface area contributed by atoms with E-state index >= 15 is 0 Å². The Hall–Kier alpha value is -2.17. The van der Waals surface area contributed by atoms with Gasteiger partial charge in [0.15, 0.2) is 17.3 Å². The van der Waals surface area contributed by atoms with Crippen molar-refractivity contribution in [2.24, 2.45) is 5.92 Å². The number of benzene rings is 1. The van der Waals surface area contributed by atoms with Gasteiger partial charge < -0.3 is 9.47 Å². The van der Waals surface area contributed by atoms with Crippen molar-refractivity contribution in [2.75, 3.05) is 6.61 Å². The van der Waals surface area contributed by atoms with Crippen LogP contribution in [0.4, 0.5) is 0 Å². The highest BCUT2D eigenvalue weighted by Gasteiger charge is 2.49. The zero-order valence-corrected chi connectivity index (χ0v) is 13.4. The predicted molar refractivity (Wildman–Crippen MR) is 82.9 cm³/mol. The van der Waals surface area contributed by atoms with E-state index in [2.05, 4.69) is 0 Å². The number of rotatable bonds is 6. The van der Waals surface area contributed by atoms with Gasteiger partial charge in [-0.1, -0.05) is 6.92 Å². The van der Waals surface area contributed by atoms with Crippen LogP contribution in [-0.2, 0) is 9.59 Å². The van der Waals surface area contributed by atoms with Gasteiger partial charge in [0.2, 0.25) is 0 Å². The monoisotopic (exact) mass is 316 g/mol. The largest absolute Gasteiger partial charge is 0.486 e. The van der Waals surface area contributed by atoms with Gasteiger partial charge in [-0.25, -0.2) is 0 Å². The van der Waals surface area contributed by atoms with Gasteiger partial charge in [-0.05, 0) is 38.0 Å². The molecule has 0 aromatic heterocycles. The molecule has 1 aromatic carbocycles. The molecule has 1 spiro atoms. The maximum atomic E-state index is 12.4. The van der Waals surface area contributed by atoms with Crippen molar-refractivity contribution in [2.45, 2.75) is 45.1 Å². The van der Waals surface area contributed by atoms with Crippen LogP contribution in [0, 0.1) is 5.92 Å². The molecule has 1 saturated carbocycles. The fourth-order valence-corrected chi connectivity index (χ4v) is 2.77. The molecule has 1 unspecified atom stereocenters. The van der Waals surface area contributed by atoms with Crippen LogP contribution in [-0.4, -0.2) is 29.6 Å². The van der Waals surface area contributed by atoms with E-state index in [1.54, 1.807) is 25.1 Å². The van der Waals surface area contributed by atoms with E-state index in [1.807, 2.05) is 0 Å². The van der Waals surface area contributed by atoms with Crippen LogP contribution >= 0.6 is 0 Å². The Morgan fingerprint density at radius 3 is 2.57 bits per heavy atom. The molecular formula is C18H20O5. The van der Waals surface area contributed by atoms with Crippen molar-refractivity contribution in [1.29, 1.82) is 0 Å². The molecule has 0 saturated heterocycles. The van der Waals surface area contributed by atoms with Gasteiger partial charge in [0.05, 0.1) is 5.92 Å². The average molecular weight is 316 g/mol. The number of hydrogen-bond donors (Lipinski definition) is 0. The van der Waals surface area contributed by atoms with Gasteiger partial charge in [0.25, 0.3) is 0 Å². The summed E-state index contributed by atoms with van der Waals surface area (Å²) in [7, 11) is 0. The quantitative estimate of drug-likeness (QED) is 0.596. The van der Waals surface area contributed by atoms with Gasteiger partial charge in [-0.2, -0.15) is 0 Å². The van der Waals surface area contributed by atoms with E-state index in [9.17, 15) is 14.4 Å². The molecule has 23 heavy (non-hydrogen) atoms. The first-order valence-electron chi connectivity index (χ1n) is 7.96. The second-order valence-electron chi connectivity index (χ2n) is 6.35. The Kier molecular flexibility index (Phi) is 3.96. The van der Waals surface area contributed by atoms with Gasteiger partial charge in [-0.3, -0.25) is 14.4 Å². The summed E-state index contributed by atoms with van der Waals surface area (Å²) < 4.78 is 11.6. The van der Waals surface area contributed by atoms with Crippen molar-refractivity contribution in [3.63, 3.8) is 0 Å². The lowest BCUT2D eigenvalue weighted by atomic mass is 9.90. The lowest BCUT2D eigenvalue weighted by molar-refractivity contribution is -0.131. The lowest BCUT2D eigenvalue weighted by Crippen LogP contribution is -2.31. The molecule has 1 heterocycles. The molecule has 0 N–H and O–H groups in total. The summed E-state index contributed by atoms with van der Waals surface area (Å²) in [6.45, 7) is 3.55.